The number of amides is 1. The molecule has 7 heteroatoms. The quantitative estimate of drug-likeness (QED) is 0.756. The van der Waals surface area contributed by atoms with Gasteiger partial charge in [0.25, 0.3) is 5.91 Å². The summed E-state index contributed by atoms with van der Waals surface area (Å²) in [6, 6.07) is 14.7. The van der Waals surface area contributed by atoms with Gasteiger partial charge in [-0.25, -0.2) is 13.1 Å². The van der Waals surface area contributed by atoms with E-state index in [1.165, 1.54) is 0 Å². The topological polar surface area (TPSA) is 81.1 Å². The maximum absolute atomic E-state index is 12.7. The standard InChI is InChI=1S/C20H19N3O3S/c1-13-7-6-10-18(14(13)2)23-19(16-11-27(25,26)12-17(16)22-23)21-20(24)15-8-4-3-5-9-15/h3-10H,11-12H2,1-2H3,(H,21,24). The van der Waals surface area contributed by atoms with Crippen molar-refractivity contribution >= 4 is 21.6 Å². The summed E-state index contributed by atoms with van der Waals surface area (Å²) in [4.78, 5) is 12.7. The van der Waals surface area contributed by atoms with Crippen LogP contribution in [0.15, 0.2) is 48.5 Å². The molecule has 6 nitrogen and oxygen atoms in total. The van der Waals surface area contributed by atoms with Crippen molar-refractivity contribution in [3.63, 3.8) is 0 Å². The van der Waals surface area contributed by atoms with Gasteiger partial charge in [-0.05, 0) is 43.2 Å². The van der Waals surface area contributed by atoms with Crippen molar-refractivity contribution in [2.75, 3.05) is 5.32 Å². The molecule has 0 bridgehead atoms. The van der Waals surface area contributed by atoms with Crippen LogP contribution in [0, 0.1) is 13.8 Å². The van der Waals surface area contributed by atoms with Gasteiger partial charge in [-0.15, -0.1) is 0 Å². The lowest BCUT2D eigenvalue weighted by atomic mass is 10.1. The molecule has 0 unspecified atom stereocenters. The lowest BCUT2D eigenvalue weighted by molar-refractivity contribution is 0.102. The second-order valence-electron chi connectivity index (χ2n) is 6.76. The molecule has 1 amide bonds. The number of sulfone groups is 1. The number of nitrogens with one attached hydrogen (secondary N) is 1. The fraction of sp³-hybridized carbons (Fsp3) is 0.200. The summed E-state index contributed by atoms with van der Waals surface area (Å²) in [6.07, 6.45) is 0. The van der Waals surface area contributed by atoms with Crippen LogP contribution in [-0.4, -0.2) is 24.1 Å². The number of rotatable bonds is 3. The minimum absolute atomic E-state index is 0.103. The number of anilines is 1. The maximum atomic E-state index is 12.7. The van der Waals surface area contributed by atoms with E-state index in [-0.39, 0.29) is 17.4 Å². The summed E-state index contributed by atoms with van der Waals surface area (Å²) in [7, 11) is -3.23. The molecule has 0 atom stereocenters. The largest absolute Gasteiger partial charge is 0.306 e. The molecule has 0 radical (unpaired) electrons. The number of nitrogens with zero attached hydrogens (tertiary/aromatic N) is 2. The highest BCUT2D eigenvalue weighted by Crippen LogP contribution is 2.34. The summed E-state index contributed by atoms with van der Waals surface area (Å²) in [5.74, 6) is -0.0887. The highest BCUT2D eigenvalue weighted by molar-refractivity contribution is 7.90. The molecule has 1 aliphatic heterocycles. The van der Waals surface area contributed by atoms with E-state index in [0.717, 1.165) is 16.8 Å². The van der Waals surface area contributed by atoms with E-state index in [2.05, 4.69) is 10.4 Å². The molecule has 0 saturated carbocycles. The van der Waals surface area contributed by atoms with Crippen molar-refractivity contribution in [1.82, 2.24) is 9.78 Å². The molecule has 0 spiro atoms. The Labute approximate surface area is 157 Å². The molecule has 1 aliphatic rings. The Morgan fingerprint density at radius 2 is 1.78 bits per heavy atom. The third-order valence-electron chi connectivity index (χ3n) is 4.86. The van der Waals surface area contributed by atoms with Crippen molar-refractivity contribution in [2.45, 2.75) is 25.4 Å². The molecule has 0 saturated heterocycles. The first kappa shape index (κ1) is 17.5. The second kappa shape index (κ2) is 6.35. The monoisotopic (exact) mass is 381 g/mol. The number of fused-ring (bicyclic) bond motifs is 1. The number of aryl methyl sites for hydroxylation is 1. The average Bonchev–Trinajstić information content (AvgIpc) is 3.11. The normalized spacial score (nSPS) is 14.7. The predicted octanol–water partition coefficient (Wildman–Crippen LogP) is 3.17. The molecule has 27 heavy (non-hydrogen) atoms. The molecule has 2 heterocycles. The first-order valence-electron chi connectivity index (χ1n) is 8.60. The Balaban J connectivity index is 1.84. The van der Waals surface area contributed by atoms with Gasteiger partial charge in [-0.1, -0.05) is 30.3 Å². The Kier molecular flexibility index (Phi) is 4.11. The van der Waals surface area contributed by atoms with Crippen molar-refractivity contribution in [2.24, 2.45) is 0 Å². The maximum Gasteiger partial charge on any atom is 0.256 e. The lowest BCUT2D eigenvalue weighted by Crippen LogP contribution is -2.17. The van der Waals surface area contributed by atoms with E-state index in [1.54, 1.807) is 28.9 Å². The Morgan fingerprint density at radius 3 is 2.52 bits per heavy atom. The van der Waals surface area contributed by atoms with Crippen LogP contribution in [0.3, 0.4) is 0 Å². The van der Waals surface area contributed by atoms with Crippen LogP contribution < -0.4 is 5.32 Å². The number of carbonyl (C=O) groups is 1. The Morgan fingerprint density at radius 1 is 1.04 bits per heavy atom. The summed E-state index contributed by atoms with van der Waals surface area (Å²) in [5.41, 5.74) is 4.51. The predicted molar refractivity (Wildman–Crippen MR) is 104 cm³/mol. The minimum atomic E-state index is -3.23. The summed E-state index contributed by atoms with van der Waals surface area (Å²) >= 11 is 0. The van der Waals surface area contributed by atoms with Gasteiger partial charge in [0.15, 0.2) is 9.84 Å². The average molecular weight is 381 g/mol. The molecule has 138 valence electrons. The van der Waals surface area contributed by atoms with Gasteiger partial charge in [0.1, 0.15) is 5.82 Å². The van der Waals surface area contributed by atoms with E-state index in [0.29, 0.717) is 22.6 Å². The van der Waals surface area contributed by atoms with Crippen molar-refractivity contribution < 1.29 is 13.2 Å². The second-order valence-corrected chi connectivity index (χ2v) is 8.82. The van der Waals surface area contributed by atoms with E-state index in [4.69, 9.17) is 0 Å². The zero-order chi connectivity index (χ0) is 19.2. The van der Waals surface area contributed by atoms with Crippen LogP contribution in [0.4, 0.5) is 5.82 Å². The number of carbonyl (C=O) groups excluding carboxylic acids is 1. The molecule has 4 rings (SSSR count). The molecule has 2 aromatic carbocycles. The molecule has 0 aliphatic carbocycles. The fourth-order valence-corrected chi connectivity index (χ4v) is 4.77. The number of benzene rings is 2. The van der Waals surface area contributed by atoms with E-state index in [1.807, 2.05) is 38.1 Å². The summed E-state index contributed by atoms with van der Waals surface area (Å²) < 4.78 is 25.8. The Bertz CT molecular complexity index is 1150. The van der Waals surface area contributed by atoms with Crippen LogP contribution in [0.5, 0.6) is 0 Å². The van der Waals surface area contributed by atoms with Gasteiger partial charge >= 0.3 is 0 Å². The van der Waals surface area contributed by atoms with Gasteiger partial charge in [0.05, 0.1) is 22.9 Å². The highest BCUT2D eigenvalue weighted by atomic mass is 32.2. The molecular weight excluding hydrogens is 362 g/mol. The van der Waals surface area contributed by atoms with Crippen LogP contribution in [0.2, 0.25) is 0 Å². The van der Waals surface area contributed by atoms with Crippen LogP contribution in [0.1, 0.15) is 32.7 Å². The van der Waals surface area contributed by atoms with Crippen LogP contribution in [-0.2, 0) is 21.3 Å². The molecule has 3 aromatic rings. The SMILES string of the molecule is Cc1cccc(-n2nc3c(c2NC(=O)c2ccccc2)CS(=O)(=O)C3)c1C. The number of aromatic nitrogens is 2. The van der Waals surface area contributed by atoms with Crippen LogP contribution >= 0.6 is 0 Å². The Hall–Kier alpha value is -2.93. The zero-order valence-corrected chi connectivity index (χ0v) is 15.9. The number of hydrogen-bond donors (Lipinski definition) is 1. The molecule has 1 aromatic heterocycles. The summed E-state index contributed by atoms with van der Waals surface area (Å²) in [5, 5.41) is 7.42. The van der Waals surface area contributed by atoms with E-state index in [9.17, 15) is 13.2 Å². The van der Waals surface area contributed by atoms with Gasteiger partial charge < -0.3 is 5.32 Å². The van der Waals surface area contributed by atoms with Gasteiger partial charge in [-0.3, -0.25) is 4.79 Å². The van der Waals surface area contributed by atoms with E-state index < -0.39 is 9.84 Å². The van der Waals surface area contributed by atoms with Gasteiger partial charge in [0.2, 0.25) is 0 Å². The summed E-state index contributed by atoms with van der Waals surface area (Å²) in [6.45, 7) is 3.99. The highest BCUT2D eigenvalue weighted by Gasteiger charge is 2.33. The number of hydrogen-bond acceptors (Lipinski definition) is 4. The van der Waals surface area contributed by atoms with Gasteiger partial charge in [-0.2, -0.15) is 5.10 Å². The molecule has 1 N–H and O–H groups in total. The third kappa shape index (κ3) is 3.14. The van der Waals surface area contributed by atoms with Crippen molar-refractivity contribution in [1.29, 1.82) is 0 Å². The first-order valence-corrected chi connectivity index (χ1v) is 10.4. The zero-order valence-electron chi connectivity index (χ0n) is 15.1. The smallest absolute Gasteiger partial charge is 0.256 e. The molecular formula is C20H19N3O3S. The third-order valence-corrected chi connectivity index (χ3v) is 6.30. The first-order chi connectivity index (χ1) is 12.9. The van der Waals surface area contributed by atoms with Crippen molar-refractivity contribution in [3.8, 4) is 5.69 Å². The van der Waals surface area contributed by atoms with E-state index >= 15 is 0 Å². The lowest BCUT2D eigenvalue weighted by Gasteiger charge is -2.14. The fourth-order valence-electron chi connectivity index (χ4n) is 3.28. The van der Waals surface area contributed by atoms with Crippen LogP contribution in [0.25, 0.3) is 5.69 Å². The molecule has 0 fully saturated rings. The van der Waals surface area contributed by atoms with Crippen molar-refractivity contribution in [3.05, 3.63) is 76.5 Å². The van der Waals surface area contributed by atoms with Gasteiger partial charge in [0, 0.05) is 11.1 Å². The minimum Gasteiger partial charge on any atom is -0.306 e.